The molecule has 0 aliphatic heterocycles. The van der Waals surface area contributed by atoms with E-state index in [0.29, 0.717) is 0 Å². The fourth-order valence-corrected chi connectivity index (χ4v) is 3.05. The Labute approximate surface area is 155 Å². The van der Waals surface area contributed by atoms with Crippen LogP contribution in [0.3, 0.4) is 0 Å². The molecule has 0 saturated carbocycles. The van der Waals surface area contributed by atoms with Crippen molar-refractivity contribution in [3.8, 4) is 22.5 Å². The summed E-state index contributed by atoms with van der Waals surface area (Å²) in [5.41, 5.74) is 5.94. The molecule has 0 fully saturated rings. The summed E-state index contributed by atoms with van der Waals surface area (Å²) >= 11 is 0. The molecule has 4 heteroatoms. The van der Waals surface area contributed by atoms with Crippen LogP contribution in [-0.2, 0) is 11.8 Å². The topological polar surface area (TPSA) is 36.2 Å². The predicted octanol–water partition coefficient (Wildman–Crippen LogP) is 5.56. The van der Waals surface area contributed by atoms with Crippen LogP contribution in [0.4, 0.5) is 4.79 Å². The van der Waals surface area contributed by atoms with E-state index in [9.17, 15) is 4.79 Å². The molecule has 0 amide bonds. The largest absolute Gasteiger partial charge is 0.443 e. The van der Waals surface area contributed by atoms with Gasteiger partial charge in [0.1, 0.15) is 5.60 Å². The number of aryl methyl sites for hydroxylation is 3. The summed E-state index contributed by atoms with van der Waals surface area (Å²) in [5.74, 6) is 0. The van der Waals surface area contributed by atoms with Crippen LogP contribution in [0.1, 0.15) is 31.9 Å². The van der Waals surface area contributed by atoms with Crippen molar-refractivity contribution in [2.24, 2.45) is 7.05 Å². The van der Waals surface area contributed by atoms with Crippen LogP contribution in [0, 0.1) is 13.8 Å². The number of hydrogen-bond donors (Lipinski definition) is 0. The number of ether oxygens (including phenoxy) is 1. The summed E-state index contributed by atoms with van der Waals surface area (Å²) in [6.45, 7) is 9.82. The van der Waals surface area contributed by atoms with Crippen molar-refractivity contribution in [3.05, 3.63) is 59.9 Å². The lowest BCUT2D eigenvalue weighted by atomic mass is 9.95. The molecule has 0 spiro atoms. The number of carbonyl (C=O) groups is 1. The van der Waals surface area contributed by atoms with Crippen LogP contribution in [0.2, 0.25) is 0 Å². The van der Waals surface area contributed by atoms with E-state index in [1.165, 1.54) is 11.1 Å². The van der Waals surface area contributed by atoms with Gasteiger partial charge < -0.3 is 9.30 Å². The number of nitrogens with zero attached hydrogens (tertiary/aromatic N) is 2. The lowest BCUT2D eigenvalue weighted by Crippen LogP contribution is -2.27. The number of carbonyl (C=O) groups excluding carboxylic acids is 1. The number of benzene rings is 1. The van der Waals surface area contributed by atoms with Gasteiger partial charge in [-0.3, -0.25) is 4.57 Å². The molecule has 0 radical (unpaired) electrons. The summed E-state index contributed by atoms with van der Waals surface area (Å²) in [6, 6.07) is 12.3. The first-order chi connectivity index (χ1) is 12.2. The molecule has 2 aromatic heterocycles. The smallest absolute Gasteiger partial charge is 0.418 e. The molecule has 26 heavy (non-hydrogen) atoms. The van der Waals surface area contributed by atoms with Gasteiger partial charge in [0.15, 0.2) is 0 Å². The van der Waals surface area contributed by atoms with Crippen LogP contribution in [-0.4, -0.2) is 20.8 Å². The second kappa shape index (κ2) is 6.52. The third kappa shape index (κ3) is 3.45. The maximum absolute atomic E-state index is 12.7. The van der Waals surface area contributed by atoms with Gasteiger partial charge in [-0.2, -0.15) is 0 Å². The molecule has 3 rings (SSSR count). The van der Waals surface area contributed by atoms with Crippen LogP contribution >= 0.6 is 0 Å². The van der Waals surface area contributed by atoms with Crippen molar-refractivity contribution in [2.45, 2.75) is 40.2 Å². The molecule has 0 bridgehead atoms. The normalized spacial score (nSPS) is 11.6. The van der Waals surface area contributed by atoms with Crippen molar-refractivity contribution >= 4 is 6.09 Å². The SMILES string of the molecule is Cc1cc(-c2cccn2C)c(-c2cccn2C(=O)OC(C)(C)C)cc1C. The molecule has 0 N–H and O–H groups in total. The zero-order chi connectivity index (χ0) is 19.1. The van der Waals surface area contributed by atoms with Gasteiger partial charge in [-0.1, -0.05) is 0 Å². The van der Waals surface area contributed by atoms with Crippen molar-refractivity contribution < 1.29 is 9.53 Å². The minimum atomic E-state index is -0.539. The van der Waals surface area contributed by atoms with Gasteiger partial charge in [-0.25, -0.2) is 4.79 Å². The molecule has 1 aromatic carbocycles. The third-order valence-electron chi connectivity index (χ3n) is 4.47. The Hall–Kier alpha value is -2.75. The lowest BCUT2D eigenvalue weighted by Gasteiger charge is -2.21. The molecule has 136 valence electrons. The quantitative estimate of drug-likeness (QED) is 0.606. The molecule has 0 saturated heterocycles. The maximum atomic E-state index is 12.7. The molecule has 0 unspecified atom stereocenters. The third-order valence-corrected chi connectivity index (χ3v) is 4.47. The standard InChI is InChI=1S/C22H26N2O2/c1-15-13-17(19-9-7-11-23(19)6)18(14-16(15)2)20-10-8-12-24(20)21(25)26-22(3,4)5/h7-14H,1-6H3. The Morgan fingerprint density at radius 2 is 1.46 bits per heavy atom. The minimum Gasteiger partial charge on any atom is -0.443 e. The molecule has 4 nitrogen and oxygen atoms in total. The van der Waals surface area contributed by atoms with E-state index >= 15 is 0 Å². The van der Waals surface area contributed by atoms with Gasteiger partial charge in [0.25, 0.3) is 0 Å². The average molecular weight is 350 g/mol. The Morgan fingerprint density at radius 1 is 0.923 bits per heavy atom. The highest BCUT2D eigenvalue weighted by atomic mass is 16.6. The van der Waals surface area contributed by atoms with Crippen LogP contribution < -0.4 is 0 Å². The summed E-state index contributed by atoms with van der Waals surface area (Å²) in [5, 5.41) is 0. The average Bonchev–Trinajstić information content (AvgIpc) is 3.16. The molecular formula is C22H26N2O2. The van der Waals surface area contributed by atoms with Crippen LogP contribution in [0.25, 0.3) is 22.5 Å². The number of aromatic nitrogens is 2. The first-order valence-electron chi connectivity index (χ1n) is 8.81. The fraction of sp³-hybridized carbons (Fsp3) is 0.318. The fourth-order valence-electron chi connectivity index (χ4n) is 3.05. The van der Waals surface area contributed by atoms with Crippen molar-refractivity contribution in [3.63, 3.8) is 0 Å². The van der Waals surface area contributed by atoms with Crippen molar-refractivity contribution in [1.29, 1.82) is 0 Å². The van der Waals surface area contributed by atoms with Crippen LogP contribution in [0.15, 0.2) is 48.8 Å². The summed E-state index contributed by atoms with van der Waals surface area (Å²) in [7, 11) is 2.03. The van der Waals surface area contributed by atoms with E-state index in [1.807, 2.05) is 52.2 Å². The second-order valence-corrected chi connectivity index (χ2v) is 7.73. The van der Waals surface area contributed by atoms with Gasteiger partial charge in [-0.15, -0.1) is 0 Å². The highest BCUT2D eigenvalue weighted by molar-refractivity contribution is 5.87. The highest BCUT2D eigenvalue weighted by Crippen LogP contribution is 2.35. The molecule has 3 aromatic rings. The number of hydrogen-bond acceptors (Lipinski definition) is 2. The zero-order valence-electron chi connectivity index (χ0n) is 16.3. The Morgan fingerprint density at radius 3 is 2.00 bits per heavy atom. The highest BCUT2D eigenvalue weighted by Gasteiger charge is 2.21. The first kappa shape index (κ1) is 18.1. The Kier molecular flexibility index (Phi) is 4.53. The monoisotopic (exact) mass is 350 g/mol. The van der Waals surface area contributed by atoms with Gasteiger partial charge in [0, 0.05) is 36.3 Å². The Balaban J connectivity index is 2.17. The Bertz CT molecular complexity index is 955. The van der Waals surface area contributed by atoms with E-state index in [-0.39, 0.29) is 6.09 Å². The molecule has 0 atom stereocenters. The number of rotatable bonds is 2. The van der Waals surface area contributed by atoms with E-state index < -0.39 is 5.60 Å². The van der Waals surface area contributed by atoms with E-state index in [4.69, 9.17) is 4.74 Å². The minimum absolute atomic E-state index is 0.367. The van der Waals surface area contributed by atoms with Gasteiger partial charge in [0.05, 0.1) is 5.69 Å². The zero-order valence-corrected chi connectivity index (χ0v) is 16.3. The predicted molar refractivity (Wildman–Crippen MR) is 105 cm³/mol. The van der Waals surface area contributed by atoms with Gasteiger partial charge in [0.2, 0.25) is 0 Å². The molecule has 0 aliphatic rings. The summed E-state index contributed by atoms with van der Waals surface area (Å²) in [4.78, 5) is 12.7. The molecular weight excluding hydrogens is 324 g/mol. The van der Waals surface area contributed by atoms with Gasteiger partial charge in [-0.05, 0) is 82.1 Å². The lowest BCUT2D eigenvalue weighted by molar-refractivity contribution is 0.0540. The van der Waals surface area contributed by atoms with E-state index in [1.54, 1.807) is 10.8 Å². The van der Waals surface area contributed by atoms with Crippen molar-refractivity contribution in [2.75, 3.05) is 0 Å². The summed E-state index contributed by atoms with van der Waals surface area (Å²) < 4.78 is 9.25. The molecule has 0 aliphatic carbocycles. The van der Waals surface area contributed by atoms with Gasteiger partial charge >= 0.3 is 6.09 Å². The van der Waals surface area contributed by atoms with E-state index in [0.717, 1.165) is 22.5 Å². The van der Waals surface area contributed by atoms with E-state index in [2.05, 4.69) is 36.6 Å². The van der Waals surface area contributed by atoms with Crippen LogP contribution in [0.5, 0.6) is 0 Å². The first-order valence-corrected chi connectivity index (χ1v) is 8.81. The maximum Gasteiger partial charge on any atom is 0.418 e. The second-order valence-electron chi connectivity index (χ2n) is 7.73. The summed E-state index contributed by atoms with van der Waals surface area (Å²) in [6.07, 6.45) is 3.42. The molecule has 2 heterocycles. The van der Waals surface area contributed by atoms with Crippen molar-refractivity contribution in [1.82, 2.24) is 9.13 Å².